The van der Waals surface area contributed by atoms with Crippen LogP contribution in [-0.4, -0.2) is 45.8 Å². The van der Waals surface area contributed by atoms with E-state index in [1.165, 1.54) is 12.1 Å². The fourth-order valence-corrected chi connectivity index (χ4v) is 3.20. The van der Waals surface area contributed by atoms with E-state index in [-0.39, 0.29) is 12.1 Å². The molecule has 0 atom stereocenters. The van der Waals surface area contributed by atoms with Crippen LogP contribution in [0.3, 0.4) is 0 Å². The third-order valence-corrected chi connectivity index (χ3v) is 4.75. The molecule has 8 nitrogen and oxygen atoms in total. The van der Waals surface area contributed by atoms with Gasteiger partial charge in [0, 0.05) is 25.5 Å². The summed E-state index contributed by atoms with van der Waals surface area (Å²) in [5.41, 5.74) is 1.75. The lowest BCUT2D eigenvalue weighted by Crippen LogP contribution is -2.39. The van der Waals surface area contributed by atoms with Crippen LogP contribution in [0.2, 0.25) is 0 Å². The van der Waals surface area contributed by atoms with Gasteiger partial charge in [0.1, 0.15) is 18.1 Å². The van der Waals surface area contributed by atoms with Crippen molar-refractivity contribution in [2.75, 3.05) is 13.2 Å². The van der Waals surface area contributed by atoms with Crippen molar-refractivity contribution in [1.82, 2.24) is 9.88 Å². The van der Waals surface area contributed by atoms with Gasteiger partial charge < -0.3 is 19.2 Å². The van der Waals surface area contributed by atoms with Crippen molar-refractivity contribution in [3.8, 4) is 5.75 Å². The van der Waals surface area contributed by atoms with Gasteiger partial charge in [0.2, 0.25) is 5.78 Å². The molecule has 0 spiro atoms. The van der Waals surface area contributed by atoms with E-state index in [0.717, 1.165) is 16.4 Å². The van der Waals surface area contributed by atoms with Crippen molar-refractivity contribution in [2.45, 2.75) is 26.8 Å². The Balaban J connectivity index is 1.61. The Morgan fingerprint density at radius 1 is 1.03 bits per heavy atom. The predicted molar refractivity (Wildman–Crippen MR) is 115 cm³/mol. The lowest BCUT2D eigenvalue weighted by Gasteiger charge is -2.20. The summed E-state index contributed by atoms with van der Waals surface area (Å²) in [7, 11) is 0. The van der Waals surface area contributed by atoms with E-state index in [1.807, 2.05) is 6.92 Å². The van der Waals surface area contributed by atoms with Gasteiger partial charge in [-0.25, -0.2) is 4.98 Å². The summed E-state index contributed by atoms with van der Waals surface area (Å²) in [5, 5.41) is 9.18. The molecule has 0 aliphatic heterocycles. The highest BCUT2D eigenvalue weighted by Crippen LogP contribution is 2.16. The van der Waals surface area contributed by atoms with Gasteiger partial charge in [0.05, 0.1) is 12.3 Å². The molecule has 0 bridgehead atoms. The first-order chi connectivity index (χ1) is 15.3. The van der Waals surface area contributed by atoms with Crippen LogP contribution < -0.4 is 4.74 Å². The summed E-state index contributed by atoms with van der Waals surface area (Å²) in [6.07, 6.45) is 0.605. The topological polar surface area (TPSA) is 110 Å². The summed E-state index contributed by atoms with van der Waals surface area (Å²) in [5.74, 6) is -0.786. The molecule has 0 unspecified atom stereocenters. The number of benzene rings is 2. The predicted octanol–water partition coefficient (Wildman–Crippen LogP) is 3.21. The van der Waals surface area contributed by atoms with Gasteiger partial charge in [-0.1, -0.05) is 42.5 Å². The summed E-state index contributed by atoms with van der Waals surface area (Å²) in [4.78, 5) is 41.7. The van der Waals surface area contributed by atoms with Crippen LogP contribution in [0.4, 0.5) is 0 Å². The highest BCUT2D eigenvalue weighted by atomic mass is 16.5. The third-order valence-electron chi connectivity index (χ3n) is 4.75. The maximum atomic E-state index is 12.6. The molecule has 2 aromatic carbocycles. The van der Waals surface area contributed by atoms with E-state index in [1.54, 1.807) is 49.4 Å². The number of aryl methyl sites for hydroxylation is 2. The van der Waals surface area contributed by atoms with Crippen molar-refractivity contribution in [1.29, 1.82) is 0 Å². The van der Waals surface area contributed by atoms with Crippen LogP contribution in [0.5, 0.6) is 5.75 Å². The van der Waals surface area contributed by atoms with Crippen molar-refractivity contribution in [2.24, 2.45) is 0 Å². The van der Waals surface area contributed by atoms with Crippen molar-refractivity contribution in [3.05, 3.63) is 83.1 Å². The number of ketones is 1. The number of hydrogen-bond donors (Lipinski definition) is 1. The van der Waals surface area contributed by atoms with Gasteiger partial charge in [-0.3, -0.25) is 14.4 Å². The monoisotopic (exact) mass is 436 g/mol. The van der Waals surface area contributed by atoms with E-state index in [9.17, 15) is 19.5 Å². The molecule has 1 N–H and O–H groups in total. The van der Waals surface area contributed by atoms with Crippen molar-refractivity contribution >= 4 is 17.7 Å². The third kappa shape index (κ3) is 6.04. The number of nitrogens with zero attached hydrogens (tertiary/aromatic N) is 2. The fourth-order valence-electron chi connectivity index (χ4n) is 3.20. The number of oxazole rings is 1. The normalized spacial score (nSPS) is 10.6. The first-order valence-corrected chi connectivity index (χ1v) is 10.1. The highest BCUT2D eigenvalue weighted by Gasteiger charge is 2.25. The average molecular weight is 436 g/mol. The molecule has 3 aromatic rings. The first-order valence-electron chi connectivity index (χ1n) is 10.1. The van der Waals surface area contributed by atoms with Crippen LogP contribution in [0.1, 0.15) is 33.3 Å². The number of carbonyl (C=O) groups excluding carboxylic acids is 2. The number of carboxylic acids is 1. The lowest BCUT2D eigenvalue weighted by molar-refractivity contribution is -0.143. The molecule has 0 saturated carbocycles. The standard InChI is InChI=1S/C24H24N2O6/c1-16-21(25-17(2)32-16)12-13-31-20-10-8-18(9-11-20)14-26(15-22(27)28)24(30)23(29)19-6-4-3-5-7-19/h3-11H,12-15H2,1-2H3,(H,27,28). The second kappa shape index (κ2) is 10.4. The maximum absolute atomic E-state index is 12.6. The Bertz CT molecular complexity index is 1090. The van der Waals surface area contributed by atoms with Gasteiger partial charge in [-0.2, -0.15) is 0 Å². The zero-order valence-corrected chi connectivity index (χ0v) is 17.9. The zero-order valence-electron chi connectivity index (χ0n) is 17.9. The summed E-state index contributed by atoms with van der Waals surface area (Å²) < 4.78 is 11.1. The second-order valence-corrected chi connectivity index (χ2v) is 7.23. The average Bonchev–Trinajstić information content (AvgIpc) is 3.10. The van der Waals surface area contributed by atoms with Gasteiger partial charge in [-0.15, -0.1) is 0 Å². The van der Waals surface area contributed by atoms with E-state index in [2.05, 4.69) is 4.98 Å². The molecule has 0 radical (unpaired) electrons. The first kappa shape index (κ1) is 22.7. The molecule has 1 heterocycles. The Hall–Kier alpha value is -3.94. The van der Waals surface area contributed by atoms with Crippen LogP contribution in [0.25, 0.3) is 0 Å². The van der Waals surface area contributed by atoms with Crippen molar-refractivity contribution < 1.29 is 28.6 Å². The van der Waals surface area contributed by atoms with Gasteiger partial charge >= 0.3 is 5.97 Å². The second-order valence-electron chi connectivity index (χ2n) is 7.23. The number of Topliss-reactive ketones (excluding diaryl/α,β-unsaturated/α-hetero) is 1. The van der Waals surface area contributed by atoms with Crippen molar-refractivity contribution in [3.63, 3.8) is 0 Å². The number of aromatic nitrogens is 1. The summed E-state index contributed by atoms with van der Waals surface area (Å²) in [6.45, 7) is 3.48. The molecule has 1 aromatic heterocycles. The number of carbonyl (C=O) groups is 3. The number of amides is 1. The number of ether oxygens (including phenoxy) is 1. The molecule has 1 amide bonds. The van der Waals surface area contributed by atoms with Gasteiger partial charge in [-0.05, 0) is 24.6 Å². The highest BCUT2D eigenvalue weighted by molar-refractivity contribution is 6.42. The Labute approximate surface area is 185 Å². The molecule has 3 rings (SSSR count). The van der Waals surface area contributed by atoms with Crippen LogP contribution >= 0.6 is 0 Å². The molecule has 32 heavy (non-hydrogen) atoms. The number of carboxylic acid groups (broad SMARTS) is 1. The quantitative estimate of drug-likeness (QED) is 0.384. The van der Waals surface area contributed by atoms with Crippen LogP contribution in [-0.2, 0) is 22.6 Å². The Kier molecular flexibility index (Phi) is 7.38. The minimum atomic E-state index is -1.20. The van der Waals surface area contributed by atoms with E-state index in [4.69, 9.17) is 9.15 Å². The van der Waals surface area contributed by atoms with Crippen LogP contribution in [0, 0.1) is 13.8 Å². The number of aliphatic carboxylic acids is 1. The van der Waals surface area contributed by atoms with E-state index in [0.29, 0.717) is 30.2 Å². The molecule has 0 aliphatic carbocycles. The smallest absolute Gasteiger partial charge is 0.323 e. The number of hydrogen-bond acceptors (Lipinski definition) is 6. The minimum absolute atomic E-state index is 0.0125. The number of rotatable bonds is 10. The summed E-state index contributed by atoms with van der Waals surface area (Å²) in [6, 6.07) is 15.0. The molecular formula is C24H24N2O6. The van der Waals surface area contributed by atoms with E-state index < -0.39 is 24.2 Å². The summed E-state index contributed by atoms with van der Waals surface area (Å²) >= 11 is 0. The minimum Gasteiger partial charge on any atom is -0.493 e. The van der Waals surface area contributed by atoms with E-state index >= 15 is 0 Å². The molecule has 8 heteroatoms. The molecule has 0 aliphatic rings. The van der Waals surface area contributed by atoms with Gasteiger partial charge in [0.15, 0.2) is 5.89 Å². The molecule has 0 fully saturated rings. The van der Waals surface area contributed by atoms with Gasteiger partial charge in [0.25, 0.3) is 5.91 Å². The fraction of sp³-hybridized carbons (Fsp3) is 0.250. The molecule has 166 valence electrons. The van der Waals surface area contributed by atoms with Crippen LogP contribution in [0.15, 0.2) is 59.0 Å². The Morgan fingerprint density at radius 2 is 1.72 bits per heavy atom. The molecular weight excluding hydrogens is 412 g/mol. The molecule has 0 saturated heterocycles. The SMILES string of the molecule is Cc1nc(CCOc2ccc(CN(CC(=O)O)C(=O)C(=O)c3ccccc3)cc2)c(C)o1. The zero-order chi connectivity index (χ0) is 23.1. The lowest BCUT2D eigenvalue weighted by atomic mass is 10.1. The Morgan fingerprint density at radius 3 is 2.31 bits per heavy atom. The maximum Gasteiger partial charge on any atom is 0.323 e. The largest absolute Gasteiger partial charge is 0.493 e.